The van der Waals surface area contributed by atoms with Crippen LogP contribution >= 0.6 is 11.3 Å². The van der Waals surface area contributed by atoms with E-state index in [4.69, 9.17) is 0 Å². The Hall–Kier alpha value is -1.61. The third kappa shape index (κ3) is 3.93. The van der Waals surface area contributed by atoms with Crippen molar-refractivity contribution in [3.63, 3.8) is 0 Å². The lowest BCUT2D eigenvalue weighted by Crippen LogP contribution is -2.41. The number of hydrogen-bond acceptors (Lipinski definition) is 2. The van der Waals surface area contributed by atoms with Crippen LogP contribution in [0.25, 0.3) is 0 Å². The second-order valence-electron chi connectivity index (χ2n) is 5.12. The van der Waals surface area contributed by atoms with Gasteiger partial charge in [0.1, 0.15) is 0 Å². The van der Waals surface area contributed by atoms with Gasteiger partial charge in [0.15, 0.2) is 0 Å². The summed E-state index contributed by atoms with van der Waals surface area (Å²) in [5, 5.41) is 5.14. The van der Waals surface area contributed by atoms with Gasteiger partial charge in [0.2, 0.25) is 5.91 Å². The van der Waals surface area contributed by atoms with Crippen molar-refractivity contribution in [1.29, 1.82) is 0 Å². The minimum Gasteiger partial charge on any atom is -0.347 e. The van der Waals surface area contributed by atoms with Gasteiger partial charge in [0.05, 0.1) is 5.54 Å². The number of benzene rings is 1. The van der Waals surface area contributed by atoms with Gasteiger partial charge in [0.25, 0.3) is 0 Å². The number of carbonyl (C=O) groups is 1. The van der Waals surface area contributed by atoms with Crippen LogP contribution in [-0.2, 0) is 16.8 Å². The molecule has 0 spiro atoms. The number of aryl methyl sites for hydroxylation is 1. The lowest BCUT2D eigenvalue weighted by atomic mass is 9.94. The van der Waals surface area contributed by atoms with Gasteiger partial charge in [-0.05, 0) is 37.3 Å². The average Bonchev–Trinajstić information content (AvgIpc) is 2.90. The maximum atomic E-state index is 12.0. The van der Waals surface area contributed by atoms with Gasteiger partial charge in [0, 0.05) is 11.3 Å². The van der Waals surface area contributed by atoms with Crippen molar-refractivity contribution in [2.45, 2.75) is 32.2 Å². The van der Waals surface area contributed by atoms with E-state index in [1.165, 1.54) is 4.88 Å². The maximum Gasteiger partial charge on any atom is 0.221 e. The van der Waals surface area contributed by atoms with Crippen LogP contribution in [0.1, 0.15) is 30.7 Å². The summed E-state index contributed by atoms with van der Waals surface area (Å²) in [6, 6.07) is 14.1. The summed E-state index contributed by atoms with van der Waals surface area (Å²) in [5.74, 6) is 0.0993. The van der Waals surface area contributed by atoms with Crippen molar-refractivity contribution in [3.05, 3.63) is 58.3 Å². The molecule has 1 N–H and O–H groups in total. The van der Waals surface area contributed by atoms with Crippen LogP contribution in [0.2, 0.25) is 0 Å². The highest BCUT2D eigenvalue weighted by Gasteiger charge is 2.22. The Kier molecular flexibility index (Phi) is 4.38. The molecule has 1 aromatic carbocycles. The van der Waals surface area contributed by atoms with Crippen molar-refractivity contribution in [3.8, 4) is 0 Å². The van der Waals surface area contributed by atoms with Crippen molar-refractivity contribution in [1.82, 2.24) is 5.32 Å². The molecule has 2 aromatic rings. The molecule has 0 unspecified atom stereocenters. The second kappa shape index (κ2) is 6.02. The molecule has 0 aliphatic rings. The Balaban J connectivity index is 1.91. The number of carbonyl (C=O) groups excluding carboxylic acids is 1. The van der Waals surface area contributed by atoms with E-state index >= 15 is 0 Å². The molecule has 2 rings (SSSR count). The normalized spacial score (nSPS) is 11.3. The first-order valence-corrected chi connectivity index (χ1v) is 7.35. The van der Waals surface area contributed by atoms with Gasteiger partial charge in [-0.25, -0.2) is 0 Å². The van der Waals surface area contributed by atoms with Crippen LogP contribution in [0.3, 0.4) is 0 Å². The van der Waals surface area contributed by atoms with Crippen molar-refractivity contribution >= 4 is 17.2 Å². The predicted molar refractivity (Wildman–Crippen MR) is 80.3 cm³/mol. The quantitative estimate of drug-likeness (QED) is 0.883. The molecule has 0 aliphatic heterocycles. The largest absolute Gasteiger partial charge is 0.347 e. The molecular weight excluding hydrogens is 254 g/mol. The Morgan fingerprint density at radius 2 is 1.89 bits per heavy atom. The van der Waals surface area contributed by atoms with Gasteiger partial charge >= 0.3 is 0 Å². The molecule has 19 heavy (non-hydrogen) atoms. The van der Waals surface area contributed by atoms with E-state index in [9.17, 15) is 4.79 Å². The number of rotatable bonds is 5. The van der Waals surface area contributed by atoms with Crippen LogP contribution in [-0.4, -0.2) is 5.91 Å². The first-order chi connectivity index (χ1) is 9.08. The fourth-order valence-corrected chi connectivity index (χ4v) is 2.74. The van der Waals surface area contributed by atoms with Crippen LogP contribution in [0.15, 0.2) is 47.8 Å². The van der Waals surface area contributed by atoms with E-state index in [0.717, 1.165) is 12.0 Å². The molecule has 0 fully saturated rings. The van der Waals surface area contributed by atoms with E-state index < -0.39 is 0 Å². The number of nitrogens with one attached hydrogen (secondary N) is 1. The summed E-state index contributed by atoms with van der Waals surface area (Å²) in [6.07, 6.45) is 1.35. The highest BCUT2D eigenvalue weighted by Crippen LogP contribution is 2.20. The molecule has 0 saturated carbocycles. The summed E-state index contributed by atoms with van der Waals surface area (Å²) in [4.78, 5) is 13.3. The Bertz CT molecular complexity index is 517. The maximum absolute atomic E-state index is 12.0. The zero-order valence-electron chi connectivity index (χ0n) is 11.3. The van der Waals surface area contributed by atoms with E-state index in [1.54, 1.807) is 11.3 Å². The summed E-state index contributed by atoms with van der Waals surface area (Å²) in [6.45, 7) is 4.07. The van der Waals surface area contributed by atoms with Gasteiger partial charge in [-0.1, -0.05) is 36.4 Å². The Morgan fingerprint density at radius 3 is 2.53 bits per heavy atom. The Morgan fingerprint density at radius 1 is 1.16 bits per heavy atom. The van der Waals surface area contributed by atoms with Gasteiger partial charge in [-0.2, -0.15) is 0 Å². The van der Waals surface area contributed by atoms with Crippen molar-refractivity contribution in [2.75, 3.05) is 0 Å². The molecule has 0 saturated heterocycles. The number of thiophene rings is 1. The zero-order chi connectivity index (χ0) is 13.7. The number of hydrogen-bond donors (Lipinski definition) is 1. The van der Waals surface area contributed by atoms with Crippen LogP contribution in [0.5, 0.6) is 0 Å². The fourth-order valence-electron chi connectivity index (χ4n) is 2.03. The molecular formula is C16H19NOS. The smallest absolute Gasteiger partial charge is 0.221 e. The minimum atomic E-state index is -0.326. The Labute approximate surface area is 118 Å². The molecule has 0 bridgehead atoms. The van der Waals surface area contributed by atoms with E-state index in [-0.39, 0.29) is 11.4 Å². The molecule has 2 nitrogen and oxygen atoms in total. The van der Waals surface area contributed by atoms with Gasteiger partial charge in [-0.3, -0.25) is 4.79 Å². The average molecular weight is 273 g/mol. The molecule has 100 valence electrons. The SMILES string of the molecule is CC(C)(NC(=O)CCc1cccs1)c1ccccc1. The molecule has 1 heterocycles. The minimum absolute atomic E-state index is 0.0993. The van der Waals surface area contributed by atoms with Crippen LogP contribution in [0, 0.1) is 0 Å². The summed E-state index contributed by atoms with van der Waals surface area (Å²) in [7, 11) is 0. The van der Waals surface area contributed by atoms with E-state index in [2.05, 4.69) is 11.4 Å². The van der Waals surface area contributed by atoms with Crippen molar-refractivity contribution < 1.29 is 4.79 Å². The lowest BCUT2D eigenvalue weighted by Gasteiger charge is -2.27. The molecule has 0 aliphatic carbocycles. The molecule has 0 atom stereocenters. The topological polar surface area (TPSA) is 29.1 Å². The van der Waals surface area contributed by atoms with E-state index in [1.807, 2.05) is 55.6 Å². The standard InChI is InChI=1S/C16H19NOS/c1-16(2,13-7-4-3-5-8-13)17-15(18)11-10-14-9-6-12-19-14/h3-9,12H,10-11H2,1-2H3,(H,17,18). The summed E-state index contributed by atoms with van der Waals surface area (Å²) < 4.78 is 0. The molecule has 1 aromatic heterocycles. The second-order valence-corrected chi connectivity index (χ2v) is 6.15. The summed E-state index contributed by atoms with van der Waals surface area (Å²) in [5.41, 5.74) is 0.799. The van der Waals surface area contributed by atoms with E-state index in [0.29, 0.717) is 6.42 Å². The van der Waals surface area contributed by atoms with Gasteiger partial charge in [-0.15, -0.1) is 11.3 Å². The molecule has 0 radical (unpaired) electrons. The third-order valence-corrected chi connectivity index (χ3v) is 4.06. The first-order valence-electron chi connectivity index (χ1n) is 6.47. The lowest BCUT2D eigenvalue weighted by molar-refractivity contribution is -0.122. The predicted octanol–water partition coefficient (Wildman–Crippen LogP) is 3.73. The highest BCUT2D eigenvalue weighted by molar-refractivity contribution is 7.09. The first kappa shape index (κ1) is 13.8. The van der Waals surface area contributed by atoms with Crippen LogP contribution < -0.4 is 5.32 Å². The highest BCUT2D eigenvalue weighted by atomic mass is 32.1. The molecule has 3 heteroatoms. The monoisotopic (exact) mass is 273 g/mol. The third-order valence-electron chi connectivity index (χ3n) is 3.13. The summed E-state index contributed by atoms with van der Waals surface area (Å²) >= 11 is 1.70. The zero-order valence-corrected chi connectivity index (χ0v) is 12.2. The van der Waals surface area contributed by atoms with Crippen LogP contribution in [0.4, 0.5) is 0 Å². The molecule has 1 amide bonds. The number of amides is 1. The fraction of sp³-hybridized carbons (Fsp3) is 0.312. The van der Waals surface area contributed by atoms with Gasteiger partial charge < -0.3 is 5.32 Å². The van der Waals surface area contributed by atoms with Crippen molar-refractivity contribution in [2.24, 2.45) is 0 Å².